The molecule has 1 aromatic rings. The van der Waals surface area contributed by atoms with Gasteiger partial charge >= 0.3 is 5.97 Å². The van der Waals surface area contributed by atoms with Crippen LogP contribution >= 0.6 is 0 Å². The van der Waals surface area contributed by atoms with Crippen molar-refractivity contribution >= 4 is 17.8 Å². The molecule has 2 fully saturated rings. The zero-order valence-corrected chi connectivity index (χ0v) is 18.9. The number of carbonyl (C=O) groups excluding carboxylic acids is 3. The van der Waals surface area contributed by atoms with E-state index < -0.39 is 17.6 Å². The Morgan fingerprint density at radius 1 is 1.13 bits per heavy atom. The van der Waals surface area contributed by atoms with Crippen molar-refractivity contribution in [3.05, 3.63) is 29.8 Å². The van der Waals surface area contributed by atoms with Gasteiger partial charge in [0.25, 0.3) is 0 Å². The lowest BCUT2D eigenvalue weighted by Crippen LogP contribution is -2.70. The highest BCUT2D eigenvalue weighted by atomic mass is 16.5. The number of amides is 2. The van der Waals surface area contributed by atoms with E-state index in [4.69, 9.17) is 9.47 Å². The number of carbonyl (C=O) groups is 3. The summed E-state index contributed by atoms with van der Waals surface area (Å²) in [5, 5.41) is 0. The molecule has 1 aliphatic carbocycles. The van der Waals surface area contributed by atoms with Crippen LogP contribution < -0.4 is 4.74 Å². The second kappa shape index (κ2) is 10.2. The van der Waals surface area contributed by atoms with Crippen molar-refractivity contribution in [2.45, 2.75) is 76.9 Å². The van der Waals surface area contributed by atoms with E-state index in [1.807, 2.05) is 24.3 Å². The molecule has 7 heteroatoms. The first-order valence-electron chi connectivity index (χ1n) is 11.4. The fourth-order valence-corrected chi connectivity index (χ4v) is 4.80. The number of benzene rings is 1. The van der Waals surface area contributed by atoms with E-state index in [0.29, 0.717) is 25.9 Å². The third kappa shape index (κ3) is 4.70. The zero-order valence-electron chi connectivity index (χ0n) is 18.9. The third-order valence-electron chi connectivity index (χ3n) is 6.45. The molecule has 1 saturated carbocycles. The molecule has 1 spiro atoms. The van der Waals surface area contributed by atoms with Crippen LogP contribution in [0.15, 0.2) is 24.3 Å². The molecule has 1 aliphatic heterocycles. The highest BCUT2D eigenvalue weighted by molar-refractivity contribution is 6.01. The van der Waals surface area contributed by atoms with Gasteiger partial charge in [0.1, 0.15) is 17.3 Å². The molecule has 0 bridgehead atoms. The molecule has 1 atom stereocenters. The molecule has 1 saturated heterocycles. The number of hydrogen-bond donors (Lipinski definition) is 0. The van der Waals surface area contributed by atoms with E-state index in [-0.39, 0.29) is 24.8 Å². The second-order valence-corrected chi connectivity index (χ2v) is 8.39. The van der Waals surface area contributed by atoms with E-state index in [0.717, 1.165) is 37.0 Å². The molecule has 170 valence electrons. The minimum absolute atomic E-state index is 0.0131. The maximum atomic E-state index is 13.8. The Kier molecular flexibility index (Phi) is 7.57. The maximum absolute atomic E-state index is 13.8. The lowest BCUT2D eigenvalue weighted by Gasteiger charge is -2.51. The smallest absolute Gasteiger partial charge is 0.308 e. The summed E-state index contributed by atoms with van der Waals surface area (Å²) in [4.78, 5) is 43.3. The van der Waals surface area contributed by atoms with Crippen molar-refractivity contribution in [1.29, 1.82) is 0 Å². The lowest BCUT2D eigenvalue weighted by molar-refractivity contribution is -0.174. The average molecular weight is 431 g/mol. The summed E-state index contributed by atoms with van der Waals surface area (Å²) in [5.41, 5.74) is 0.126. The van der Waals surface area contributed by atoms with Crippen LogP contribution in [0.2, 0.25) is 0 Å². The van der Waals surface area contributed by atoms with Gasteiger partial charge in [-0.3, -0.25) is 14.4 Å². The normalized spacial score (nSPS) is 20.4. The van der Waals surface area contributed by atoms with Gasteiger partial charge in [-0.15, -0.1) is 0 Å². The Balaban J connectivity index is 1.95. The van der Waals surface area contributed by atoms with Crippen LogP contribution in [0.25, 0.3) is 0 Å². The molecule has 1 unspecified atom stereocenters. The second-order valence-electron chi connectivity index (χ2n) is 8.39. The van der Waals surface area contributed by atoms with E-state index in [1.54, 1.807) is 23.8 Å². The van der Waals surface area contributed by atoms with Gasteiger partial charge in [-0.2, -0.15) is 0 Å². The Morgan fingerprint density at radius 2 is 1.81 bits per heavy atom. The van der Waals surface area contributed by atoms with Gasteiger partial charge in [-0.05, 0) is 43.9 Å². The Bertz CT molecular complexity index is 786. The van der Waals surface area contributed by atoms with E-state index in [9.17, 15) is 14.4 Å². The minimum Gasteiger partial charge on any atom is -0.497 e. The fraction of sp³-hybridized carbons (Fsp3) is 0.625. The third-order valence-corrected chi connectivity index (χ3v) is 6.45. The van der Waals surface area contributed by atoms with Crippen LogP contribution in [-0.2, 0) is 25.7 Å². The molecule has 31 heavy (non-hydrogen) atoms. The average Bonchev–Trinajstić information content (AvgIpc) is 3.26. The summed E-state index contributed by atoms with van der Waals surface area (Å²) in [7, 11) is 1.61. The van der Waals surface area contributed by atoms with Gasteiger partial charge in [0.15, 0.2) is 0 Å². The Morgan fingerprint density at radius 3 is 2.39 bits per heavy atom. The van der Waals surface area contributed by atoms with Crippen molar-refractivity contribution < 1.29 is 23.9 Å². The molecule has 3 rings (SSSR count). The van der Waals surface area contributed by atoms with Crippen LogP contribution in [0.3, 0.4) is 0 Å². The van der Waals surface area contributed by atoms with Crippen molar-refractivity contribution in [3.8, 4) is 5.75 Å². The first-order chi connectivity index (χ1) is 15.0. The van der Waals surface area contributed by atoms with Crippen LogP contribution in [-0.4, -0.2) is 59.4 Å². The first kappa shape index (κ1) is 23.1. The molecule has 2 aliphatic rings. The van der Waals surface area contributed by atoms with Crippen LogP contribution in [0.5, 0.6) is 5.75 Å². The molecule has 1 heterocycles. The van der Waals surface area contributed by atoms with Gasteiger partial charge in [-0.1, -0.05) is 38.3 Å². The minimum atomic E-state index is -0.810. The van der Waals surface area contributed by atoms with Gasteiger partial charge in [-0.25, -0.2) is 0 Å². The maximum Gasteiger partial charge on any atom is 0.308 e. The SMILES string of the molecule is CCCCN1C(=O)C2(CCCC2)N(Cc2ccc(OC)cc2)C(=O)C1CC(=O)OCC. The summed E-state index contributed by atoms with van der Waals surface area (Å²) in [6.07, 6.45) is 4.78. The van der Waals surface area contributed by atoms with Crippen molar-refractivity contribution in [2.75, 3.05) is 20.3 Å². The molecule has 1 aromatic carbocycles. The molecule has 0 aromatic heterocycles. The van der Waals surface area contributed by atoms with Crippen LogP contribution in [0, 0.1) is 0 Å². The predicted octanol–water partition coefficient (Wildman–Crippen LogP) is 3.30. The summed E-state index contributed by atoms with van der Waals surface area (Å²) in [6.45, 7) is 4.88. The number of methoxy groups -OCH3 is 1. The van der Waals surface area contributed by atoms with Crippen molar-refractivity contribution in [1.82, 2.24) is 9.80 Å². The van der Waals surface area contributed by atoms with Crippen molar-refractivity contribution in [2.24, 2.45) is 0 Å². The number of esters is 1. The predicted molar refractivity (Wildman–Crippen MR) is 116 cm³/mol. The molecule has 0 radical (unpaired) electrons. The monoisotopic (exact) mass is 430 g/mol. The largest absolute Gasteiger partial charge is 0.497 e. The number of nitrogens with zero attached hydrogens (tertiary/aromatic N) is 2. The number of ether oxygens (including phenoxy) is 2. The van der Waals surface area contributed by atoms with Crippen LogP contribution in [0.4, 0.5) is 0 Å². The number of unbranched alkanes of at least 4 members (excludes halogenated alkanes) is 1. The quantitative estimate of drug-likeness (QED) is 0.562. The van der Waals surface area contributed by atoms with E-state index in [1.165, 1.54) is 0 Å². The Hall–Kier alpha value is -2.57. The van der Waals surface area contributed by atoms with E-state index >= 15 is 0 Å². The van der Waals surface area contributed by atoms with Crippen LogP contribution in [0.1, 0.15) is 64.4 Å². The molecule has 7 nitrogen and oxygen atoms in total. The van der Waals surface area contributed by atoms with Gasteiger partial charge in [0.05, 0.1) is 20.1 Å². The number of piperazine rings is 1. The highest BCUT2D eigenvalue weighted by Crippen LogP contribution is 2.42. The molecular weight excluding hydrogens is 396 g/mol. The number of hydrogen-bond acceptors (Lipinski definition) is 5. The summed E-state index contributed by atoms with van der Waals surface area (Å²) in [5.74, 6) is 0.135. The standard InChI is InChI=1S/C24H34N2O5/c1-4-6-15-25-20(16-21(27)31-5-2)22(28)26(24(23(25)29)13-7-8-14-24)17-18-9-11-19(30-3)12-10-18/h9-12,20H,4-8,13-17H2,1-3H3. The molecule has 2 amide bonds. The topological polar surface area (TPSA) is 76.2 Å². The highest BCUT2D eigenvalue weighted by Gasteiger charge is 2.57. The molecule has 0 N–H and O–H groups in total. The zero-order chi connectivity index (χ0) is 22.4. The Labute approximate surface area is 184 Å². The first-order valence-corrected chi connectivity index (χ1v) is 11.4. The van der Waals surface area contributed by atoms with Crippen molar-refractivity contribution in [3.63, 3.8) is 0 Å². The van der Waals surface area contributed by atoms with Gasteiger partial charge < -0.3 is 19.3 Å². The fourth-order valence-electron chi connectivity index (χ4n) is 4.80. The molecular formula is C24H34N2O5. The van der Waals surface area contributed by atoms with Gasteiger partial charge in [0.2, 0.25) is 11.8 Å². The summed E-state index contributed by atoms with van der Waals surface area (Å²) in [6, 6.07) is 6.75. The summed E-state index contributed by atoms with van der Waals surface area (Å²) >= 11 is 0. The summed E-state index contributed by atoms with van der Waals surface area (Å²) < 4.78 is 10.3. The lowest BCUT2D eigenvalue weighted by atomic mass is 9.86. The van der Waals surface area contributed by atoms with Gasteiger partial charge in [0, 0.05) is 13.1 Å². The number of rotatable bonds is 9. The van der Waals surface area contributed by atoms with E-state index in [2.05, 4.69) is 6.92 Å².